The normalized spacial score (nSPS) is 12.1. The number of benzene rings is 2. The van der Waals surface area contributed by atoms with E-state index >= 15 is 0 Å². The van der Waals surface area contributed by atoms with Crippen molar-refractivity contribution in [3.63, 3.8) is 0 Å². The molecule has 0 aliphatic rings. The molecule has 0 aromatic heterocycles. The fourth-order valence-electron chi connectivity index (χ4n) is 1.92. The number of hydrogen-bond donors (Lipinski definition) is 3. The molecule has 4 heteroatoms. The highest BCUT2D eigenvalue weighted by atomic mass is 35.5. The van der Waals surface area contributed by atoms with Crippen LogP contribution in [-0.2, 0) is 0 Å². The molecule has 0 fully saturated rings. The zero-order valence-corrected chi connectivity index (χ0v) is 12.0. The molecule has 1 unspecified atom stereocenters. The van der Waals surface area contributed by atoms with Gasteiger partial charge in [0.15, 0.2) is 0 Å². The van der Waals surface area contributed by atoms with Gasteiger partial charge in [-0.3, -0.25) is 0 Å². The van der Waals surface area contributed by atoms with Crippen LogP contribution in [0.25, 0.3) is 0 Å². The number of aliphatic hydroxyl groups excluding tert-OH is 1. The number of halogens is 1. The van der Waals surface area contributed by atoms with Gasteiger partial charge in [0.25, 0.3) is 0 Å². The first-order valence-corrected chi connectivity index (χ1v) is 7.06. The van der Waals surface area contributed by atoms with Crippen LogP contribution >= 0.6 is 11.6 Å². The number of hydrogen-bond acceptors (Lipinski definition) is 3. The first-order chi connectivity index (χ1) is 9.75. The summed E-state index contributed by atoms with van der Waals surface area (Å²) in [4.78, 5) is 0. The molecule has 0 aliphatic heterocycles. The summed E-state index contributed by atoms with van der Waals surface area (Å²) in [5, 5.41) is 17.2. The Labute approximate surface area is 124 Å². The molecule has 2 rings (SSSR count). The first kappa shape index (κ1) is 14.9. The SMILES string of the molecule is OC(CNCCNc1ccccc1)c1cccc(Cl)c1. The van der Waals surface area contributed by atoms with Crippen molar-refractivity contribution in [1.29, 1.82) is 0 Å². The van der Waals surface area contributed by atoms with E-state index in [1.54, 1.807) is 12.1 Å². The molecule has 3 nitrogen and oxygen atoms in total. The van der Waals surface area contributed by atoms with Crippen LogP contribution in [0.1, 0.15) is 11.7 Å². The quantitative estimate of drug-likeness (QED) is 0.687. The molecule has 2 aromatic carbocycles. The molecule has 0 spiro atoms. The predicted molar refractivity (Wildman–Crippen MR) is 84.2 cm³/mol. The second-order valence-electron chi connectivity index (χ2n) is 4.57. The fourth-order valence-corrected chi connectivity index (χ4v) is 2.12. The summed E-state index contributed by atoms with van der Waals surface area (Å²) < 4.78 is 0. The molecule has 106 valence electrons. The Morgan fingerprint density at radius 2 is 1.80 bits per heavy atom. The zero-order valence-electron chi connectivity index (χ0n) is 11.2. The van der Waals surface area contributed by atoms with Gasteiger partial charge < -0.3 is 15.7 Å². The largest absolute Gasteiger partial charge is 0.387 e. The van der Waals surface area contributed by atoms with Gasteiger partial charge in [0, 0.05) is 30.3 Å². The first-order valence-electron chi connectivity index (χ1n) is 6.69. The molecular formula is C16H19ClN2O. The van der Waals surface area contributed by atoms with E-state index in [2.05, 4.69) is 10.6 Å². The van der Waals surface area contributed by atoms with E-state index in [1.807, 2.05) is 42.5 Å². The van der Waals surface area contributed by atoms with Crippen molar-refractivity contribution in [1.82, 2.24) is 5.32 Å². The molecule has 0 saturated carbocycles. The Morgan fingerprint density at radius 1 is 1.00 bits per heavy atom. The Balaban J connectivity index is 1.66. The van der Waals surface area contributed by atoms with Gasteiger partial charge in [-0.15, -0.1) is 0 Å². The Hall–Kier alpha value is -1.55. The van der Waals surface area contributed by atoms with Gasteiger partial charge in [-0.1, -0.05) is 41.9 Å². The molecule has 0 amide bonds. The minimum Gasteiger partial charge on any atom is -0.387 e. The van der Waals surface area contributed by atoms with E-state index in [-0.39, 0.29) is 0 Å². The molecule has 0 bridgehead atoms. The molecule has 20 heavy (non-hydrogen) atoms. The average Bonchev–Trinajstić information content (AvgIpc) is 2.48. The van der Waals surface area contributed by atoms with E-state index in [0.717, 1.165) is 24.3 Å². The van der Waals surface area contributed by atoms with Crippen molar-refractivity contribution >= 4 is 17.3 Å². The maximum absolute atomic E-state index is 10.0. The molecule has 2 aromatic rings. The number of rotatable bonds is 7. The van der Waals surface area contributed by atoms with Crippen LogP contribution in [0.3, 0.4) is 0 Å². The third kappa shape index (κ3) is 4.85. The van der Waals surface area contributed by atoms with Gasteiger partial charge in [-0.25, -0.2) is 0 Å². The third-order valence-electron chi connectivity index (χ3n) is 2.98. The van der Waals surface area contributed by atoms with Crippen molar-refractivity contribution < 1.29 is 5.11 Å². The minimum atomic E-state index is -0.537. The van der Waals surface area contributed by atoms with E-state index < -0.39 is 6.10 Å². The van der Waals surface area contributed by atoms with Crippen molar-refractivity contribution in [2.45, 2.75) is 6.10 Å². The lowest BCUT2D eigenvalue weighted by atomic mass is 10.1. The van der Waals surface area contributed by atoms with E-state index in [0.29, 0.717) is 11.6 Å². The fraction of sp³-hybridized carbons (Fsp3) is 0.250. The van der Waals surface area contributed by atoms with E-state index in [9.17, 15) is 5.11 Å². The monoisotopic (exact) mass is 290 g/mol. The van der Waals surface area contributed by atoms with Gasteiger partial charge in [0.2, 0.25) is 0 Å². The van der Waals surface area contributed by atoms with Gasteiger partial charge in [0.05, 0.1) is 6.10 Å². The number of nitrogens with one attached hydrogen (secondary N) is 2. The second kappa shape index (κ2) is 7.90. The summed E-state index contributed by atoms with van der Waals surface area (Å²) in [5.74, 6) is 0. The van der Waals surface area contributed by atoms with Crippen molar-refractivity contribution in [2.75, 3.05) is 25.0 Å². The molecule has 0 saturated heterocycles. The topological polar surface area (TPSA) is 44.3 Å². The van der Waals surface area contributed by atoms with E-state index in [4.69, 9.17) is 11.6 Å². The molecule has 0 aliphatic carbocycles. The standard InChI is InChI=1S/C16H19ClN2O/c17-14-6-4-5-13(11-14)16(20)12-18-9-10-19-15-7-2-1-3-8-15/h1-8,11,16,18-20H,9-10,12H2. The molecule has 3 N–H and O–H groups in total. The molecule has 1 atom stereocenters. The maximum atomic E-state index is 10.0. The lowest BCUT2D eigenvalue weighted by Gasteiger charge is -2.13. The van der Waals surface area contributed by atoms with Crippen LogP contribution in [0.4, 0.5) is 5.69 Å². The summed E-state index contributed by atoms with van der Waals surface area (Å²) in [6, 6.07) is 17.4. The van der Waals surface area contributed by atoms with Crippen molar-refractivity contribution in [2.24, 2.45) is 0 Å². The van der Waals surface area contributed by atoms with Gasteiger partial charge in [-0.2, -0.15) is 0 Å². The molecular weight excluding hydrogens is 272 g/mol. The summed E-state index contributed by atoms with van der Waals surface area (Å²) in [6.45, 7) is 2.11. The minimum absolute atomic E-state index is 0.511. The smallest absolute Gasteiger partial charge is 0.0914 e. The van der Waals surface area contributed by atoms with Crippen LogP contribution in [0.15, 0.2) is 54.6 Å². The third-order valence-corrected chi connectivity index (χ3v) is 3.21. The van der Waals surface area contributed by atoms with Gasteiger partial charge in [-0.05, 0) is 29.8 Å². The molecule has 0 heterocycles. The van der Waals surface area contributed by atoms with Crippen molar-refractivity contribution in [3.05, 3.63) is 65.2 Å². The lowest BCUT2D eigenvalue weighted by molar-refractivity contribution is 0.175. The number of aliphatic hydroxyl groups is 1. The summed E-state index contributed by atoms with van der Waals surface area (Å²) in [7, 11) is 0. The van der Waals surface area contributed by atoms with Crippen LogP contribution in [0, 0.1) is 0 Å². The zero-order chi connectivity index (χ0) is 14.2. The Kier molecular flexibility index (Phi) is 5.87. The lowest BCUT2D eigenvalue weighted by Crippen LogP contribution is -2.26. The van der Waals surface area contributed by atoms with Crippen LogP contribution in [0.2, 0.25) is 5.02 Å². The highest BCUT2D eigenvalue weighted by Crippen LogP contribution is 2.16. The Bertz CT molecular complexity index is 519. The summed E-state index contributed by atoms with van der Waals surface area (Å²) >= 11 is 5.90. The van der Waals surface area contributed by atoms with Crippen LogP contribution < -0.4 is 10.6 Å². The number of para-hydroxylation sites is 1. The number of anilines is 1. The van der Waals surface area contributed by atoms with Gasteiger partial charge in [0.1, 0.15) is 0 Å². The van der Waals surface area contributed by atoms with Crippen molar-refractivity contribution in [3.8, 4) is 0 Å². The Morgan fingerprint density at radius 3 is 2.55 bits per heavy atom. The summed E-state index contributed by atoms with van der Waals surface area (Å²) in [6.07, 6.45) is -0.537. The predicted octanol–water partition coefficient (Wildman–Crippen LogP) is 3.08. The molecule has 0 radical (unpaired) electrons. The second-order valence-corrected chi connectivity index (χ2v) is 5.00. The van der Waals surface area contributed by atoms with Gasteiger partial charge >= 0.3 is 0 Å². The maximum Gasteiger partial charge on any atom is 0.0914 e. The van der Waals surface area contributed by atoms with Crippen LogP contribution in [0.5, 0.6) is 0 Å². The highest BCUT2D eigenvalue weighted by molar-refractivity contribution is 6.30. The van der Waals surface area contributed by atoms with Crippen LogP contribution in [-0.4, -0.2) is 24.7 Å². The van der Waals surface area contributed by atoms with E-state index in [1.165, 1.54) is 0 Å². The summed E-state index contributed by atoms with van der Waals surface area (Å²) in [5.41, 5.74) is 1.94. The average molecular weight is 291 g/mol. The highest BCUT2D eigenvalue weighted by Gasteiger charge is 2.06.